The van der Waals surface area contributed by atoms with Crippen molar-refractivity contribution < 1.29 is 14.3 Å². The van der Waals surface area contributed by atoms with Gasteiger partial charge in [-0.3, -0.25) is 19.4 Å². The molecule has 0 bridgehead atoms. The van der Waals surface area contributed by atoms with E-state index in [1.165, 1.54) is 0 Å². The fraction of sp³-hybridized carbons (Fsp3) is 0.455. The first-order valence-electron chi connectivity index (χ1n) is 10.6. The van der Waals surface area contributed by atoms with Crippen LogP contribution in [0.2, 0.25) is 0 Å². The van der Waals surface area contributed by atoms with Gasteiger partial charge in [0.15, 0.2) is 0 Å². The van der Waals surface area contributed by atoms with Crippen molar-refractivity contribution in [3.05, 3.63) is 51.4 Å². The summed E-state index contributed by atoms with van der Waals surface area (Å²) < 4.78 is 5.33. The van der Waals surface area contributed by atoms with Gasteiger partial charge in [0.05, 0.1) is 13.2 Å². The largest absolute Gasteiger partial charge is 0.378 e. The van der Waals surface area contributed by atoms with Crippen LogP contribution in [0.5, 0.6) is 0 Å². The highest BCUT2D eigenvalue weighted by atomic mass is 16.5. The second-order valence-corrected chi connectivity index (χ2v) is 7.43. The van der Waals surface area contributed by atoms with E-state index in [0.29, 0.717) is 67.7 Å². The van der Waals surface area contributed by atoms with Crippen LogP contribution in [0.25, 0.3) is 0 Å². The molecule has 3 N–H and O–H groups in total. The third-order valence-corrected chi connectivity index (χ3v) is 5.09. The molecule has 2 aromatic rings. The summed E-state index contributed by atoms with van der Waals surface area (Å²) in [6.07, 6.45) is 1.32. The normalized spacial score (nSPS) is 13.7. The van der Waals surface area contributed by atoms with Crippen molar-refractivity contribution in [2.75, 3.05) is 43.1 Å². The molecule has 1 fully saturated rings. The van der Waals surface area contributed by atoms with Gasteiger partial charge in [-0.2, -0.15) is 0 Å². The first kappa shape index (κ1) is 22.5. The summed E-state index contributed by atoms with van der Waals surface area (Å²) >= 11 is 0. The van der Waals surface area contributed by atoms with Crippen LogP contribution in [0, 0.1) is 6.92 Å². The molecule has 1 aromatic heterocycles. The number of aryl methyl sites for hydroxylation is 1. The van der Waals surface area contributed by atoms with Crippen LogP contribution in [0.1, 0.15) is 41.4 Å². The lowest BCUT2D eigenvalue weighted by Gasteiger charge is -2.27. The van der Waals surface area contributed by atoms with Crippen LogP contribution < -0.4 is 21.1 Å². The zero-order valence-corrected chi connectivity index (χ0v) is 18.0. The van der Waals surface area contributed by atoms with Crippen LogP contribution >= 0.6 is 0 Å². The van der Waals surface area contributed by atoms with E-state index < -0.39 is 0 Å². The molecule has 0 spiro atoms. The Bertz CT molecular complexity index is 965. The fourth-order valence-electron chi connectivity index (χ4n) is 3.32. The van der Waals surface area contributed by atoms with Crippen molar-refractivity contribution in [1.82, 2.24) is 15.3 Å². The number of carbonyl (C=O) groups excluding carboxylic acids is 2. The van der Waals surface area contributed by atoms with Gasteiger partial charge in [0.25, 0.3) is 11.5 Å². The number of morpholine rings is 1. The van der Waals surface area contributed by atoms with Crippen molar-refractivity contribution in [2.45, 2.75) is 33.1 Å². The Kier molecular flexibility index (Phi) is 7.77. The van der Waals surface area contributed by atoms with Crippen LogP contribution in [0.4, 0.5) is 11.6 Å². The topological polar surface area (TPSA) is 116 Å². The maximum Gasteiger partial charge on any atom is 0.255 e. The number of benzene rings is 1. The van der Waals surface area contributed by atoms with Crippen molar-refractivity contribution in [2.24, 2.45) is 0 Å². The molecule has 1 aliphatic rings. The first-order valence-corrected chi connectivity index (χ1v) is 10.6. The van der Waals surface area contributed by atoms with Crippen LogP contribution in [0.15, 0.2) is 29.1 Å². The van der Waals surface area contributed by atoms with E-state index in [0.717, 1.165) is 6.42 Å². The minimum Gasteiger partial charge on any atom is -0.378 e. The standard InChI is InChI=1S/C22H29N5O4/c1-3-10-23-20(29)16-4-6-17(7-5-16)25-19(28)9-8-18-15(2)24-22(26-21(18)30)27-11-13-31-14-12-27/h4-7H,3,8-14H2,1-2H3,(H,23,29)(H,25,28)(H,24,26,30). The minimum absolute atomic E-state index is 0.137. The van der Waals surface area contributed by atoms with Crippen LogP contribution in [0.3, 0.4) is 0 Å². The zero-order valence-electron chi connectivity index (χ0n) is 18.0. The summed E-state index contributed by atoms with van der Waals surface area (Å²) in [5.41, 5.74) is 2.06. The summed E-state index contributed by atoms with van der Waals surface area (Å²) in [6, 6.07) is 6.72. The number of nitrogens with one attached hydrogen (secondary N) is 3. The number of aromatic nitrogens is 2. The Hall–Kier alpha value is -3.20. The predicted octanol–water partition coefficient (Wildman–Crippen LogP) is 1.63. The number of hydrogen-bond donors (Lipinski definition) is 3. The molecule has 9 nitrogen and oxygen atoms in total. The Balaban J connectivity index is 1.55. The van der Waals surface area contributed by atoms with Gasteiger partial charge >= 0.3 is 0 Å². The number of rotatable bonds is 8. The lowest BCUT2D eigenvalue weighted by molar-refractivity contribution is -0.116. The molecular formula is C22H29N5O4. The van der Waals surface area contributed by atoms with E-state index in [1.54, 1.807) is 31.2 Å². The second-order valence-electron chi connectivity index (χ2n) is 7.43. The van der Waals surface area contributed by atoms with Gasteiger partial charge in [0.2, 0.25) is 11.9 Å². The van der Waals surface area contributed by atoms with Gasteiger partial charge < -0.3 is 20.3 Å². The quantitative estimate of drug-likeness (QED) is 0.590. The summed E-state index contributed by atoms with van der Waals surface area (Å²) in [4.78, 5) is 46.1. The molecule has 166 valence electrons. The molecule has 2 amide bonds. The van der Waals surface area contributed by atoms with Gasteiger partial charge in [0, 0.05) is 48.6 Å². The summed E-state index contributed by atoms with van der Waals surface area (Å²) in [6.45, 7) is 6.98. The molecule has 2 heterocycles. The van der Waals surface area contributed by atoms with Gasteiger partial charge in [-0.1, -0.05) is 6.92 Å². The van der Waals surface area contributed by atoms with Crippen molar-refractivity contribution >= 4 is 23.5 Å². The molecule has 0 unspecified atom stereocenters. The smallest absolute Gasteiger partial charge is 0.255 e. The molecule has 1 aromatic carbocycles. The molecule has 0 atom stereocenters. The molecule has 1 aliphatic heterocycles. The molecule has 3 rings (SSSR count). The predicted molar refractivity (Wildman–Crippen MR) is 119 cm³/mol. The average Bonchev–Trinajstić information content (AvgIpc) is 2.78. The Morgan fingerprint density at radius 3 is 2.55 bits per heavy atom. The van der Waals surface area contributed by atoms with Gasteiger partial charge in [-0.25, -0.2) is 4.98 Å². The van der Waals surface area contributed by atoms with Gasteiger partial charge in [-0.15, -0.1) is 0 Å². The van der Waals surface area contributed by atoms with Crippen LogP contribution in [-0.4, -0.2) is 54.6 Å². The molecular weight excluding hydrogens is 398 g/mol. The van der Waals surface area contributed by atoms with Gasteiger partial charge in [0.1, 0.15) is 0 Å². The molecule has 0 aliphatic carbocycles. The van der Waals surface area contributed by atoms with Crippen molar-refractivity contribution in [3.8, 4) is 0 Å². The number of aromatic amines is 1. The van der Waals surface area contributed by atoms with Crippen molar-refractivity contribution in [1.29, 1.82) is 0 Å². The number of hydrogen-bond acceptors (Lipinski definition) is 6. The van der Waals surface area contributed by atoms with E-state index in [4.69, 9.17) is 4.74 Å². The van der Waals surface area contributed by atoms with Gasteiger partial charge in [-0.05, 0) is 44.0 Å². The zero-order chi connectivity index (χ0) is 22.2. The maximum absolute atomic E-state index is 12.5. The summed E-state index contributed by atoms with van der Waals surface area (Å²) in [5, 5.41) is 5.61. The highest BCUT2D eigenvalue weighted by Crippen LogP contribution is 2.13. The van der Waals surface area contributed by atoms with E-state index >= 15 is 0 Å². The molecule has 9 heteroatoms. The van der Waals surface area contributed by atoms with E-state index in [-0.39, 0.29) is 23.8 Å². The Morgan fingerprint density at radius 2 is 1.90 bits per heavy atom. The number of carbonyl (C=O) groups is 2. The first-order chi connectivity index (χ1) is 15.0. The van der Waals surface area contributed by atoms with E-state index in [2.05, 4.69) is 20.6 Å². The van der Waals surface area contributed by atoms with Crippen molar-refractivity contribution in [3.63, 3.8) is 0 Å². The molecule has 0 radical (unpaired) electrons. The SMILES string of the molecule is CCCNC(=O)c1ccc(NC(=O)CCc2c(C)nc(N3CCOCC3)[nH]c2=O)cc1. The fourth-order valence-corrected chi connectivity index (χ4v) is 3.32. The van der Waals surface area contributed by atoms with Crippen LogP contribution in [-0.2, 0) is 16.0 Å². The molecule has 1 saturated heterocycles. The maximum atomic E-state index is 12.5. The monoisotopic (exact) mass is 427 g/mol. The highest BCUT2D eigenvalue weighted by Gasteiger charge is 2.17. The second kappa shape index (κ2) is 10.7. The number of H-pyrrole nitrogens is 1. The van der Waals surface area contributed by atoms with E-state index in [9.17, 15) is 14.4 Å². The lowest BCUT2D eigenvalue weighted by Crippen LogP contribution is -2.38. The minimum atomic E-state index is -0.218. The number of ether oxygens (including phenoxy) is 1. The highest BCUT2D eigenvalue weighted by molar-refractivity contribution is 5.95. The molecule has 0 saturated carbocycles. The summed E-state index contributed by atoms with van der Waals surface area (Å²) in [5.74, 6) is 0.198. The number of anilines is 2. The lowest BCUT2D eigenvalue weighted by atomic mass is 10.1. The third kappa shape index (κ3) is 6.14. The summed E-state index contributed by atoms with van der Waals surface area (Å²) in [7, 11) is 0. The Morgan fingerprint density at radius 1 is 1.19 bits per heavy atom. The number of amides is 2. The Labute approximate surface area is 181 Å². The third-order valence-electron chi connectivity index (χ3n) is 5.09. The average molecular weight is 428 g/mol. The molecule has 31 heavy (non-hydrogen) atoms. The van der Waals surface area contributed by atoms with E-state index in [1.807, 2.05) is 11.8 Å². The number of nitrogens with zero attached hydrogens (tertiary/aromatic N) is 2.